The maximum Gasteiger partial charge on any atom is 0.406 e. The maximum absolute atomic E-state index is 12.4. The predicted octanol–water partition coefficient (Wildman–Crippen LogP) is 2.26. The number of alkyl halides is 3. The molecule has 8 heteroatoms. The SMILES string of the molecule is O=C(O)CN(CC(F)(F)F)C(=O)c1ccc2[nH]ccc2c1. The van der Waals surface area contributed by atoms with Gasteiger partial charge in [-0.1, -0.05) is 0 Å². The van der Waals surface area contributed by atoms with Crippen LogP contribution in [-0.4, -0.2) is 46.1 Å². The molecule has 5 nitrogen and oxygen atoms in total. The second kappa shape index (κ2) is 5.47. The van der Waals surface area contributed by atoms with Crippen molar-refractivity contribution >= 4 is 22.8 Å². The summed E-state index contributed by atoms with van der Waals surface area (Å²) < 4.78 is 37.3. The molecule has 0 fully saturated rings. The maximum atomic E-state index is 12.4. The third-order valence-electron chi connectivity index (χ3n) is 2.78. The van der Waals surface area contributed by atoms with E-state index in [2.05, 4.69) is 4.98 Å². The average Bonchev–Trinajstić information content (AvgIpc) is 2.81. The van der Waals surface area contributed by atoms with Crippen LogP contribution in [0.4, 0.5) is 13.2 Å². The van der Waals surface area contributed by atoms with Gasteiger partial charge >= 0.3 is 12.1 Å². The molecule has 1 aromatic carbocycles. The van der Waals surface area contributed by atoms with E-state index in [1.807, 2.05) is 0 Å². The van der Waals surface area contributed by atoms with Gasteiger partial charge in [-0.2, -0.15) is 13.2 Å². The number of nitrogens with one attached hydrogen (secondary N) is 1. The van der Waals surface area contributed by atoms with E-state index in [1.165, 1.54) is 12.1 Å². The molecule has 0 atom stereocenters. The first-order valence-electron chi connectivity index (χ1n) is 5.91. The Labute approximate surface area is 117 Å². The lowest BCUT2D eigenvalue weighted by Crippen LogP contribution is -2.42. The van der Waals surface area contributed by atoms with Crippen LogP contribution in [0.25, 0.3) is 10.9 Å². The third-order valence-corrected chi connectivity index (χ3v) is 2.78. The molecule has 0 aliphatic heterocycles. The molecule has 1 heterocycles. The molecule has 2 N–H and O–H groups in total. The molecular formula is C13H11F3N2O3. The van der Waals surface area contributed by atoms with Crippen molar-refractivity contribution in [2.24, 2.45) is 0 Å². The molecule has 0 unspecified atom stereocenters. The number of nitrogens with zero attached hydrogens (tertiary/aromatic N) is 1. The normalized spacial score (nSPS) is 11.6. The Kier molecular flexibility index (Phi) is 3.88. The summed E-state index contributed by atoms with van der Waals surface area (Å²) in [5.41, 5.74) is 0.736. The molecule has 2 aromatic rings. The van der Waals surface area contributed by atoms with Gasteiger partial charge in [-0.15, -0.1) is 0 Å². The second-order valence-electron chi connectivity index (χ2n) is 4.45. The first-order chi connectivity index (χ1) is 9.76. The van der Waals surface area contributed by atoms with Gasteiger partial charge in [0.15, 0.2) is 0 Å². The van der Waals surface area contributed by atoms with Gasteiger partial charge in [-0.25, -0.2) is 0 Å². The Balaban J connectivity index is 2.29. The van der Waals surface area contributed by atoms with E-state index >= 15 is 0 Å². The molecule has 0 bridgehead atoms. The van der Waals surface area contributed by atoms with Crippen molar-refractivity contribution < 1.29 is 27.9 Å². The van der Waals surface area contributed by atoms with E-state index in [9.17, 15) is 22.8 Å². The molecule has 2 rings (SSSR count). The number of carboxylic acids is 1. The number of benzene rings is 1. The summed E-state index contributed by atoms with van der Waals surface area (Å²) in [5, 5.41) is 9.30. The average molecular weight is 300 g/mol. The minimum Gasteiger partial charge on any atom is -0.480 e. The molecule has 0 spiro atoms. The zero-order chi connectivity index (χ0) is 15.6. The fourth-order valence-electron chi connectivity index (χ4n) is 1.95. The Hall–Kier alpha value is -2.51. The Morgan fingerprint density at radius 1 is 1.24 bits per heavy atom. The summed E-state index contributed by atoms with van der Waals surface area (Å²) >= 11 is 0. The zero-order valence-electron chi connectivity index (χ0n) is 10.6. The van der Waals surface area contributed by atoms with Crippen LogP contribution < -0.4 is 0 Å². The van der Waals surface area contributed by atoms with Gasteiger partial charge in [-0.05, 0) is 24.3 Å². The van der Waals surface area contributed by atoms with Crippen molar-refractivity contribution in [3.05, 3.63) is 36.0 Å². The summed E-state index contributed by atoms with van der Waals surface area (Å²) in [4.78, 5) is 25.9. The number of hydrogen-bond donors (Lipinski definition) is 2. The lowest BCUT2D eigenvalue weighted by atomic mass is 10.1. The molecule has 0 aliphatic rings. The molecule has 0 radical (unpaired) electrons. The van der Waals surface area contributed by atoms with Crippen LogP contribution in [0.15, 0.2) is 30.5 Å². The van der Waals surface area contributed by atoms with Crippen LogP contribution in [0.2, 0.25) is 0 Å². The summed E-state index contributed by atoms with van der Waals surface area (Å²) in [6, 6.07) is 5.98. The summed E-state index contributed by atoms with van der Waals surface area (Å²) in [5.74, 6) is -2.48. The van der Waals surface area contributed by atoms with Gasteiger partial charge in [0.05, 0.1) is 0 Å². The van der Waals surface area contributed by atoms with Gasteiger partial charge in [0.25, 0.3) is 5.91 Å². The molecule has 1 aromatic heterocycles. The van der Waals surface area contributed by atoms with Crippen LogP contribution in [0, 0.1) is 0 Å². The minimum absolute atomic E-state index is 0.00704. The smallest absolute Gasteiger partial charge is 0.406 e. The first kappa shape index (κ1) is 14.9. The van der Waals surface area contributed by atoms with Crippen molar-refractivity contribution in [3.63, 3.8) is 0 Å². The van der Waals surface area contributed by atoms with Gasteiger partial charge < -0.3 is 15.0 Å². The highest BCUT2D eigenvalue weighted by atomic mass is 19.4. The number of fused-ring (bicyclic) bond motifs is 1. The van der Waals surface area contributed by atoms with Crippen molar-refractivity contribution in [2.45, 2.75) is 6.18 Å². The van der Waals surface area contributed by atoms with Crippen molar-refractivity contribution in [1.82, 2.24) is 9.88 Å². The molecule has 0 saturated heterocycles. The Bertz CT molecular complexity index is 679. The number of rotatable bonds is 4. The first-order valence-corrected chi connectivity index (χ1v) is 5.91. The molecule has 0 aliphatic carbocycles. The number of aromatic amines is 1. The highest BCUT2D eigenvalue weighted by Gasteiger charge is 2.34. The van der Waals surface area contributed by atoms with Crippen molar-refractivity contribution in [1.29, 1.82) is 0 Å². The highest BCUT2D eigenvalue weighted by molar-refractivity contribution is 5.99. The van der Waals surface area contributed by atoms with E-state index in [-0.39, 0.29) is 10.5 Å². The molecule has 21 heavy (non-hydrogen) atoms. The standard InChI is InChI=1S/C13H11F3N2O3/c14-13(15,16)7-18(6-11(19)20)12(21)9-1-2-10-8(5-9)3-4-17-10/h1-5,17H,6-7H2,(H,19,20). The number of aromatic nitrogens is 1. The number of hydrogen-bond acceptors (Lipinski definition) is 2. The summed E-state index contributed by atoms with van der Waals surface area (Å²) in [7, 11) is 0. The van der Waals surface area contributed by atoms with E-state index in [0.29, 0.717) is 5.39 Å². The topological polar surface area (TPSA) is 73.4 Å². The van der Waals surface area contributed by atoms with E-state index < -0.39 is 31.1 Å². The fourth-order valence-corrected chi connectivity index (χ4v) is 1.95. The van der Waals surface area contributed by atoms with Crippen LogP contribution in [0.1, 0.15) is 10.4 Å². The number of carbonyl (C=O) groups is 2. The molecule has 1 amide bonds. The number of halogens is 3. The predicted molar refractivity (Wildman–Crippen MR) is 67.9 cm³/mol. The lowest BCUT2D eigenvalue weighted by molar-refractivity contribution is -0.149. The lowest BCUT2D eigenvalue weighted by Gasteiger charge is -2.22. The molecule has 0 saturated carbocycles. The largest absolute Gasteiger partial charge is 0.480 e. The Morgan fingerprint density at radius 3 is 2.57 bits per heavy atom. The van der Waals surface area contributed by atoms with Crippen LogP contribution in [-0.2, 0) is 4.79 Å². The molecular weight excluding hydrogens is 289 g/mol. The monoisotopic (exact) mass is 300 g/mol. The van der Waals surface area contributed by atoms with E-state index in [1.54, 1.807) is 18.3 Å². The Morgan fingerprint density at radius 2 is 1.95 bits per heavy atom. The van der Waals surface area contributed by atoms with E-state index in [0.717, 1.165) is 5.52 Å². The summed E-state index contributed by atoms with van der Waals surface area (Å²) in [6.07, 6.45) is -3.03. The minimum atomic E-state index is -4.66. The van der Waals surface area contributed by atoms with Crippen LogP contribution in [0.3, 0.4) is 0 Å². The second-order valence-corrected chi connectivity index (χ2v) is 4.45. The molecule has 112 valence electrons. The van der Waals surface area contributed by atoms with Crippen molar-refractivity contribution in [2.75, 3.05) is 13.1 Å². The number of aliphatic carboxylic acids is 1. The fraction of sp³-hybridized carbons (Fsp3) is 0.231. The van der Waals surface area contributed by atoms with Gasteiger partial charge in [-0.3, -0.25) is 9.59 Å². The number of amides is 1. The van der Waals surface area contributed by atoms with Crippen molar-refractivity contribution in [3.8, 4) is 0 Å². The van der Waals surface area contributed by atoms with Crippen LogP contribution in [0.5, 0.6) is 0 Å². The van der Waals surface area contributed by atoms with E-state index in [4.69, 9.17) is 5.11 Å². The number of H-pyrrole nitrogens is 1. The number of carboxylic acid groups (broad SMARTS) is 1. The highest BCUT2D eigenvalue weighted by Crippen LogP contribution is 2.20. The number of carbonyl (C=O) groups excluding carboxylic acids is 1. The van der Waals surface area contributed by atoms with Gasteiger partial charge in [0.1, 0.15) is 13.1 Å². The van der Waals surface area contributed by atoms with Gasteiger partial charge in [0, 0.05) is 22.7 Å². The quantitative estimate of drug-likeness (QED) is 0.909. The van der Waals surface area contributed by atoms with Gasteiger partial charge in [0.2, 0.25) is 0 Å². The third kappa shape index (κ3) is 3.74. The zero-order valence-corrected chi connectivity index (χ0v) is 10.6. The summed E-state index contributed by atoms with van der Waals surface area (Å²) in [6.45, 7) is -2.62. The van der Waals surface area contributed by atoms with Crippen LogP contribution >= 0.6 is 0 Å².